The number of nitrogens with zero attached hydrogens (tertiary/aromatic N) is 3. The van der Waals surface area contributed by atoms with E-state index in [9.17, 15) is 17.6 Å². The van der Waals surface area contributed by atoms with Gasteiger partial charge in [0.05, 0.1) is 45.5 Å². The molecule has 0 saturated carbocycles. The van der Waals surface area contributed by atoms with Crippen LogP contribution in [0.25, 0.3) is 32.0 Å². The molecule has 0 spiro atoms. The fraction of sp³-hybridized carbons (Fsp3) is 0.297. The maximum Gasteiger partial charge on any atom is 0.434 e. The predicted molar refractivity (Wildman–Crippen MR) is 190 cm³/mol. The zero-order valence-corrected chi connectivity index (χ0v) is 29.3. The Morgan fingerprint density at radius 2 is 1.94 bits per heavy atom. The molecule has 256 valence electrons. The number of anilines is 1. The van der Waals surface area contributed by atoms with Crippen LogP contribution in [0, 0.1) is 11.7 Å². The first-order valence-corrected chi connectivity index (χ1v) is 19.0. The van der Waals surface area contributed by atoms with Gasteiger partial charge >= 0.3 is 5.76 Å². The lowest BCUT2D eigenvalue weighted by Crippen LogP contribution is -2.11. The van der Waals surface area contributed by atoms with Gasteiger partial charge < -0.3 is 14.5 Å². The number of hydrogen-bond donors (Lipinski definition) is 2. The summed E-state index contributed by atoms with van der Waals surface area (Å²) in [6.45, 7) is 3.99. The smallest absolute Gasteiger partial charge is 0.434 e. The van der Waals surface area contributed by atoms with Gasteiger partial charge in [-0.3, -0.25) is 4.98 Å². The van der Waals surface area contributed by atoms with Crippen molar-refractivity contribution < 1.29 is 22.0 Å². The van der Waals surface area contributed by atoms with Crippen LogP contribution >= 0.6 is 11.3 Å². The van der Waals surface area contributed by atoms with E-state index in [1.807, 2.05) is 38.1 Å². The van der Waals surface area contributed by atoms with Gasteiger partial charge in [0.25, 0.3) is 5.89 Å². The number of halogens is 1. The highest BCUT2D eigenvalue weighted by Crippen LogP contribution is 2.51. The molecule has 2 unspecified atom stereocenters. The molecule has 6 aromatic rings. The van der Waals surface area contributed by atoms with Gasteiger partial charge in [0.1, 0.15) is 17.4 Å². The molecular formula is C37H34FN5O5S2. The molecule has 10 nitrogen and oxygen atoms in total. The summed E-state index contributed by atoms with van der Waals surface area (Å²) in [5.74, 6) is 0.0268. The van der Waals surface area contributed by atoms with Crippen molar-refractivity contribution in [3.05, 3.63) is 105 Å². The molecule has 0 saturated heterocycles. The molecule has 2 atom stereocenters. The molecule has 1 aliphatic heterocycles. The minimum absolute atomic E-state index is 0.000753. The minimum Gasteiger partial charge on any atom is -0.496 e. The van der Waals surface area contributed by atoms with Crippen LogP contribution < -0.4 is 15.8 Å². The molecule has 2 aliphatic rings. The Hall–Kier alpha value is -4.88. The van der Waals surface area contributed by atoms with E-state index in [2.05, 4.69) is 21.6 Å². The number of thiophene rings is 1. The largest absolute Gasteiger partial charge is 0.496 e. The zero-order chi connectivity index (χ0) is 34.7. The second-order valence-corrected chi connectivity index (χ2v) is 16.2. The van der Waals surface area contributed by atoms with Gasteiger partial charge in [-0.25, -0.2) is 27.7 Å². The number of sulfone groups is 1. The number of H-pyrrole nitrogens is 1. The molecule has 0 bridgehead atoms. The summed E-state index contributed by atoms with van der Waals surface area (Å²) in [4.78, 5) is 22.9. The highest BCUT2D eigenvalue weighted by Gasteiger charge is 2.43. The monoisotopic (exact) mass is 711 g/mol. The van der Waals surface area contributed by atoms with E-state index in [1.54, 1.807) is 25.4 Å². The standard InChI is InChI=1S/C37H34FN5O5S2/c1-19(2)25-18-50(45,46)34-31(30(36-42-43-37(44)48-36)27(40-32(25)34)13-9-20-7-10-22(38)11-8-20)29-17-21-15-16-39-35(33(21)49-29)41-26-14-12-24-23(26)5-4-6-28(24)47-3/h4-8,10-11,15-17,19,25-26H,9,12-14,18H2,1-3H3,(H,39,41)(H,43,44). The highest BCUT2D eigenvalue weighted by atomic mass is 32.2. The van der Waals surface area contributed by atoms with Gasteiger partial charge in [0.2, 0.25) is 0 Å². The third kappa shape index (κ3) is 5.58. The molecule has 5 heterocycles. The number of aryl methyl sites for hydroxylation is 2. The lowest BCUT2D eigenvalue weighted by molar-refractivity contribution is 0.410. The molecule has 2 aromatic carbocycles. The molecule has 4 aromatic heterocycles. The van der Waals surface area contributed by atoms with Crippen molar-refractivity contribution in [1.82, 2.24) is 20.2 Å². The molecule has 2 N–H and O–H groups in total. The molecule has 0 fully saturated rings. The van der Waals surface area contributed by atoms with E-state index in [4.69, 9.17) is 19.1 Å². The fourth-order valence-corrected chi connectivity index (χ4v) is 10.8. The van der Waals surface area contributed by atoms with Crippen LogP contribution in [0.1, 0.15) is 60.3 Å². The summed E-state index contributed by atoms with van der Waals surface area (Å²) < 4.78 is 54.0. The van der Waals surface area contributed by atoms with E-state index >= 15 is 0 Å². The van der Waals surface area contributed by atoms with Crippen LogP contribution in [-0.2, 0) is 29.1 Å². The molecule has 1 aliphatic carbocycles. The summed E-state index contributed by atoms with van der Waals surface area (Å²) in [5.41, 5.74) is 5.06. The van der Waals surface area contributed by atoms with Gasteiger partial charge in [0.15, 0.2) is 9.84 Å². The van der Waals surface area contributed by atoms with Crippen molar-refractivity contribution in [2.24, 2.45) is 5.92 Å². The van der Waals surface area contributed by atoms with E-state index < -0.39 is 15.6 Å². The van der Waals surface area contributed by atoms with Crippen LogP contribution in [0.2, 0.25) is 0 Å². The second-order valence-electron chi connectivity index (χ2n) is 13.2. The number of methoxy groups -OCH3 is 1. The molecule has 0 amide bonds. The van der Waals surface area contributed by atoms with Crippen LogP contribution in [0.4, 0.5) is 10.2 Å². The number of ether oxygens (including phenoxy) is 1. The van der Waals surface area contributed by atoms with Crippen LogP contribution in [0.15, 0.2) is 74.9 Å². The minimum atomic E-state index is -3.80. The van der Waals surface area contributed by atoms with E-state index in [-0.39, 0.29) is 40.2 Å². The lowest BCUT2D eigenvalue weighted by Gasteiger charge is -2.18. The first-order chi connectivity index (χ1) is 24.1. The Balaban J connectivity index is 1.31. The average Bonchev–Trinajstić information content (AvgIpc) is 3.89. The maximum absolute atomic E-state index is 14.1. The second kappa shape index (κ2) is 12.5. The van der Waals surface area contributed by atoms with Crippen molar-refractivity contribution in [3.8, 4) is 27.6 Å². The van der Waals surface area contributed by atoms with Crippen LogP contribution in [-0.4, -0.2) is 41.4 Å². The number of pyridine rings is 2. The number of fused-ring (bicyclic) bond motifs is 3. The van der Waals surface area contributed by atoms with Gasteiger partial charge in [-0.2, -0.15) is 0 Å². The molecule has 13 heteroatoms. The van der Waals surface area contributed by atoms with Crippen molar-refractivity contribution in [1.29, 1.82) is 0 Å². The molecule has 8 rings (SSSR count). The van der Waals surface area contributed by atoms with Crippen molar-refractivity contribution in [2.75, 3.05) is 18.2 Å². The van der Waals surface area contributed by atoms with E-state index in [0.29, 0.717) is 46.1 Å². The van der Waals surface area contributed by atoms with Crippen LogP contribution in [0.3, 0.4) is 0 Å². The van der Waals surface area contributed by atoms with Crippen molar-refractivity contribution in [2.45, 2.75) is 56.4 Å². The molecular weight excluding hydrogens is 678 g/mol. The number of nitrogens with one attached hydrogen (secondary N) is 2. The molecule has 0 radical (unpaired) electrons. The average molecular weight is 712 g/mol. The van der Waals surface area contributed by atoms with E-state index in [1.165, 1.54) is 34.6 Å². The first-order valence-electron chi connectivity index (χ1n) is 16.5. The summed E-state index contributed by atoms with van der Waals surface area (Å²) in [7, 11) is -2.11. The van der Waals surface area contributed by atoms with Crippen LogP contribution in [0.5, 0.6) is 5.75 Å². The first kappa shape index (κ1) is 32.3. The number of hydrogen-bond acceptors (Lipinski definition) is 10. The summed E-state index contributed by atoms with van der Waals surface area (Å²) in [6, 6.07) is 16.2. The van der Waals surface area contributed by atoms with Gasteiger partial charge in [-0.05, 0) is 84.0 Å². The predicted octanol–water partition coefficient (Wildman–Crippen LogP) is 7.26. The quantitative estimate of drug-likeness (QED) is 0.159. The lowest BCUT2D eigenvalue weighted by atomic mass is 9.90. The Kier molecular flexibility index (Phi) is 8.06. The maximum atomic E-state index is 14.1. The number of aromatic amines is 1. The third-order valence-electron chi connectivity index (χ3n) is 9.77. The van der Waals surface area contributed by atoms with Crippen molar-refractivity contribution >= 4 is 37.1 Å². The number of aromatic nitrogens is 4. The Bertz CT molecular complexity index is 2440. The number of rotatable bonds is 9. The summed E-state index contributed by atoms with van der Waals surface area (Å²) in [5, 5.41) is 11.1. The van der Waals surface area contributed by atoms with Gasteiger partial charge in [-0.15, -0.1) is 16.4 Å². The Labute approximate surface area is 291 Å². The third-order valence-corrected chi connectivity index (χ3v) is 12.8. The van der Waals surface area contributed by atoms with Gasteiger partial charge in [-0.1, -0.05) is 38.1 Å². The number of benzene rings is 2. The summed E-state index contributed by atoms with van der Waals surface area (Å²) in [6.07, 6.45) is 4.35. The van der Waals surface area contributed by atoms with Gasteiger partial charge in [0, 0.05) is 22.6 Å². The topological polar surface area (TPSA) is 140 Å². The van der Waals surface area contributed by atoms with E-state index in [0.717, 1.165) is 34.2 Å². The molecule has 50 heavy (non-hydrogen) atoms. The normalized spacial score (nSPS) is 17.7. The zero-order valence-electron chi connectivity index (χ0n) is 27.6. The Morgan fingerprint density at radius 3 is 2.68 bits per heavy atom. The Morgan fingerprint density at radius 1 is 1.12 bits per heavy atom. The van der Waals surface area contributed by atoms with Crippen molar-refractivity contribution in [3.63, 3.8) is 0 Å². The highest BCUT2D eigenvalue weighted by molar-refractivity contribution is 7.92. The summed E-state index contributed by atoms with van der Waals surface area (Å²) >= 11 is 1.42. The fourth-order valence-electron chi connectivity index (χ4n) is 7.33. The SMILES string of the molecule is COc1cccc2c1CCC2Nc1nccc2cc(-c3c(-c4n[nH]c(=O)o4)c(CCc4ccc(F)cc4)nc4c3S(=O)(=O)CC4C(C)C)sc12.